The number of carbonyl (C=O) groups is 1. The molecule has 0 saturated carbocycles. The van der Waals surface area contributed by atoms with Gasteiger partial charge < -0.3 is 19.5 Å². The summed E-state index contributed by atoms with van der Waals surface area (Å²) in [5.41, 5.74) is 0.817. The molecular weight excluding hydrogens is 420 g/mol. The van der Waals surface area contributed by atoms with Crippen LogP contribution in [0.25, 0.3) is 0 Å². The molecule has 0 radical (unpaired) electrons. The summed E-state index contributed by atoms with van der Waals surface area (Å²) < 4.78 is 41.5. The van der Waals surface area contributed by atoms with E-state index in [0.29, 0.717) is 22.8 Å². The van der Waals surface area contributed by atoms with Crippen molar-refractivity contribution in [2.45, 2.75) is 11.3 Å². The summed E-state index contributed by atoms with van der Waals surface area (Å²) in [6.45, 7) is 0. The molecule has 0 fully saturated rings. The van der Waals surface area contributed by atoms with Gasteiger partial charge in [0.1, 0.15) is 0 Å². The number of halogens is 1. The van der Waals surface area contributed by atoms with Gasteiger partial charge in [-0.15, -0.1) is 0 Å². The number of rotatable bonds is 8. The second kappa shape index (κ2) is 9.34. The molecule has 0 aromatic heterocycles. The van der Waals surface area contributed by atoms with Crippen LogP contribution >= 0.6 is 11.6 Å². The normalized spacial score (nSPS) is 11.3. The van der Waals surface area contributed by atoms with Crippen LogP contribution in [-0.4, -0.2) is 54.1 Å². The average molecular weight is 443 g/mol. The smallest absolute Gasteiger partial charge is 0.242 e. The highest BCUT2D eigenvalue weighted by Crippen LogP contribution is 2.38. The van der Waals surface area contributed by atoms with E-state index in [4.69, 9.17) is 25.8 Å². The summed E-state index contributed by atoms with van der Waals surface area (Å²) in [5.74, 6) is 0.878. The monoisotopic (exact) mass is 442 g/mol. The predicted octanol–water partition coefficient (Wildman–Crippen LogP) is 2.80. The lowest BCUT2D eigenvalue weighted by Crippen LogP contribution is -2.22. The zero-order valence-electron chi connectivity index (χ0n) is 16.8. The first kappa shape index (κ1) is 22.8. The lowest BCUT2D eigenvalue weighted by atomic mass is 10.1. The molecule has 0 aliphatic rings. The van der Waals surface area contributed by atoms with Crippen LogP contribution in [0.3, 0.4) is 0 Å². The lowest BCUT2D eigenvalue weighted by Gasteiger charge is -2.15. The molecule has 0 unspecified atom stereocenters. The van der Waals surface area contributed by atoms with Crippen molar-refractivity contribution in [1.82, 2.24) is 4.31 Å². The van der Waals surface area contributed by atoms with Crippen LogP contribution in [0.4, 0.5) is 5.69 Å². The second-order valence-corrected chi connectivity index (χ2v) is 8.75. The van der Waals surface area contributed by atoms with E-state index in [1.807, 2.05) is 0 Å². The first-order valence-corrected chi connectivity index (χ1v) is 10.3. The molecule has 0 spiro atoms. The maximum atomic E-state index is 12.5. The quantitative estimate of drug-likeness (QED) is 0.675. The molecule has 10 heteroatoms. The number of nitrogens with zero attached hydrogens (tertiary/aromatic N) is 1. The minimum atomic E-state index is -3.66. The van der Waals surface area contributed by atoms with E-state index in [1.165, 1.54) is 53.6 Å². The number of hydrogen-bond donors (Lipinski definition) is 1. The van der Waals surface area contributed by atoms with Crippen LogP contribution in [0.2, 0.25) is 5.02 Å². The van der Waals surface area contributed by atoms with E-state index >= 15 is 0 Å². The van der Waals surface area contributed by atoms with Crippen molar-refractivity contribution in [1.29, 1.82) is 0 Å². The maximum Gasteiger partial charge on any atom is 0.242 e. The van der Waals surface area contributed by atoms with E-state index in [-0.39, 0.29) is 27.9 Å². The van der Waals surface area contributed by atoms with Gasteiger partial charge in [-0.05, 0) is 35.9 Å². The van der Waals surface area contributed by atoms with Crippen LogP contribution in [0.15, 0.2) is 35.2 Å². The third kappa shape index (κ3) is 5.11. The zero-order valence-corrected chi connectivity index (χ0v) is 18.3. The van der Waals surface area contributed by atoms with E-state index in [9.17, 15) is 13.2 Å². The fourth-order valence-electron chi connectivity index (χ4n) is 2.59. The second-order valence-electron chi connectivity index (χ2n) is 6.19. The predicted molar refractivity (Wildman–Crippen MR) is 111 cm³/mol. The number of ether oxygens (including phenoxy) is 3. The Bertz CT molecular complexity index is 983. The van der Waals surface area contributed by atoms with E-state index < -0.39 is 10.0 Å². The van der Waals surface area contributed by atoms with Gasteiger partial charge in [0.15, 0.2) is 11.5 Å². The third-order valence-electron chi connectivity index (χ3n) is 4.08. The molecule has 158 valence electrons. The molecule has 0 saturated heterocycles. The average Bonchev–Trinajstić information content (AvgIpc) is 2.68. The van der Waals surface area contributed by atoms with E-state index in [1.54, 1.807) is 12.1 Å². The van der Waals surface area contributed by atoms with Gasteiger partial charge >= 0.3 is 0 Å². The summed E-state index contributed by atoms with van der Waals surface area (Å²) in [5, 5.41) is 2.87. The Labute approximate surface area is 175 Å². The number of amides is 1. The third-order valence-corrected chi connectivity index (χ3v) is 6.22. The SMILES string of the molecule is COc1cc(CC(=O)Nc2cc(S(=O)(=O)N(C)C)ccc2Cl)cc(OC)c1OC. The molecule has 0 aliphatic carbocycles. The van der Waals surface area contributed by atoms with Gasteiger partial charge in [-0.1, -0.05) is 11.6 Å². The standard InChI is InChI=1S/C19H23ClN2O6S/c1-22(2)29(24,25)13-6-7-14(20)15(11-13)21-18(23)10-12-8-16(26-3)19(28-5)17(9-12)27-4/h6-9,11H,10H2,1-5H3,(H,21,23). The summed E-state index contributed by atoms with van der Waals surface area (Å²) in [6.07, 6.45) is -0.0162. The minimum absolute atomic E-state index is 0.0162. The molecule has 0 aliphatic heterocycles. The Morgan fingerprint density at radius 2 is 1.62 bits per heavy atom. The van der Waals surface area contributed by atoms with Gasteiger partial charge in [-0.2, -0.15) is 0 Å². The highest BCUT2D eigenvalue weighted by Gasteiger charge is 2.20. The van der Waals surface area contributed by atoms with Crippen molar-refractivity contribution in [2.24, 2.45) is 0 Å². The Morgan fingerprint density at radius 3 is 2.10 bits per heavy atom. The molecule has 2 aromatic rings. The number of methoxy groups -OCH3 is 3. The van der Waals surface area contributed by atoms with Crippen LogP contribution in [-0.2, 0) is 21.2 Å². The Morgan fingerprint density at radius 1 is 1.03 bits per heavy atom. The Hall–Kier alpha value is -2.49. The number of anilines is 1. The van der Waals surface area contributed by atoms with Gasteiger partial charge in [0.25, 0.3) is 0 Å². The Balaban J connectivity index is 2.28. The van der Waals surface area contributed by atoms with Crippen LogP contribution in [0.1, 0.15) is 5.56 Å². The van der Waals surface area contributed by atoms with Crippen molar-refractivity contribution < 1.29 is 27.4 Å². The molecular formula is C19H23ClN2O6S. The fraction of sp³-hybridized carbons (Fsp3) is 0.316. The highest BCUT2D eigenvalue weighted by molar-refractivity contribution is 7.89. The fourth-order valence-corrected chi connectivity index (χ4v) is 3.68. The van der Waals surface area contributed by atoms with Gasteiger partial charge in [0.05, 0.1) is 43.4 Å². The highest BCUT2D eigenvalue weighted by atomic mass is 35.5. The maximum absolute atomic E-state index is 12.5. The first-order valence-electron chi connectivity index (χ1n) is 8.44. The summed E-state index contributed by atoms with van der Waals surface area (Å²) >= 11 is 6.13. The summed E-state index contributed by atoms with van der Waals surface area (Å²) in [7, 11) is 3.64. The first-order chi connectivity index (χ1) is 13.6. The van der Waals surface area contributed by atoms with Crippen LogP contribution in [0, 0.1) is 0 Å². The topological polar surface area (TPSA) is 94.2 Å². The summed E-state index contributed by atoms with van der Waals surface area (Å²) in [4.78, 5) is 12.6. The molecule has 0 bridgehead atoms. The Kier molecular flexibility index (Phi) is 7.34. The van der Waals surface area contributed by atoms with Crippen molar-refractivity contribution in [2.75, 3.05) is 40.7 Å². The van der Waals surface area contributed by atoms with Gasteiger partial charge in [0.2, 0.25) is 21.7 Å². The van der Waals surface area contributed by atoms with Gasteiger partial charge in [-0.3, -0.25) is 4.79 Å². The van der Waals surface area contributed by atoms with Crippen LogP contribution < -0.4 is 19.5 Å². The number of sulfonamides is 1. The molecule has 2 rings (SSSR count). The molecule has 1 amide bonds. The van der Waals surface area contributed by atoms with Crippen LogP contribution in [0.5, 0.6) is 17.2 Å². The van der Waals surface area contributed by atoms with Crippen molar-refractivity contribution in [3.05, 3.63) is 40.9 Å². The number of nitrogens with one attached hydrogen (secondary N) is 1. The molecule has 0 heterocycles. The van der Waals surface area contributed by atoms with Gasteiger partial charge in [0, 0.05) is 14.1 Å². The minimum Gasteiger partial charge on any atom is -0.493 e. The largest absolute Gasteiger partial charge is 0.493 e. The number of hydrogen-bond acceptors (Lipinski definition) is 6. The van der Waals surface area contributed by atoms with Crippen molar-refractivity contribution in [3.63, 3.8) is 0 Å². The van der Waals surface area contributed by atoms with E-state index in [2.05, 4.69) is 5.32 Å². The molecule has 1 N–H and O–H groups in total. The van der Waals surface area contributed by atoms with Crippen molar-refractivity contribution >= 4 is 33.2 Å². The van der Waals surface area contributed by atoms with E-state index in [0.717, 1.165) is 4.31 Å². The molecule has 2 aromatic carbocycles. The van der Waals surface area contributed by atoms with Gasteiger partial charge in [-0.25, -0.2) is 12.7 Å². The summed E-state index contributed by atoms with van der Waals surface area (Å²) in [6, 6.07) is 7.45. The lowest BCUT2D eigenvalue weighted by molar-refractivity contribution is -0.115. The van der Waals surface area contributed by atoms with Crippen molar-refractivity contribution in [3.8, 4) is 17.2 Å². The molecule has 0 atom stereocenters. The molecule has 8 nitrogen and oxygen atoms in total. The number of benzene rings is 2. The zero-order chi connectivity index (χ0) is 21.8. The number of carbonyl (C=O) groups excluding carboxylic acids is 1. The molecule has 29 heavy (non-hydrogen) atoms.